The zero-order chi connectivity index (χ0) is 14.5. The van der Waals surface area contributed by atoms with E-state index in [0.717, 1.165) is 32.2 Å². The Morgan fingerprint density at radius 3 is 2.95 bits per heavy atom. The van der Waals surface area contributed by atoms with Gasteiger partial charge >= 0.3 is 0 Å². The molecule has 2 rings (SSSR count). The molecule has 0 spiro atoms. The van der Waals surface area contributed by atoms with Crippen molar-refractivity contribution in [2.75, 3.05) is 19.5 Å². The number of methoxy groups -OCH3 is 1. The number of alkyl halides is 1. The summed E-state index contributed by atoms with van der Waals surface area (Å²) in [6.45, 7) is 0.784. The zero-order valence-electron chi connectivity index (χ0n) is 11.6. The summed E-state index contributed by atoms with van der Waals surface area (Å²) in [6, 6.07) is 5.36. The minimum atomic E-state index is 0.00772. The van der Waals surface area contributed by atoms with E-state index in [2.05, 4.69) is 0 Å². The first kappa shape index (κ1) is 15.5. The molecular formula is C15H19Cl2NO2. The molecule has 0 radical (unpaired) electrons. The van der Waals surface area contributed by atoms with Gasteiger partial charge in [0, 0.05) is 23.5 Å². The fourth-order valence-electron chi connectivity index (χ4n) is 2.69. The van der Waals surface area contributed by atoms with E-state index in [1.165, 1.54) is 0 Å². The number of piperidine rings is 1. The molecule has 110 valence electrons. The van der Waals surface area contributed by atoms with Crippen molar-refractivity contribution >= 4 is 29.1 Å². The van der Waals surface area contributed by atoms with Crippen LogP contribution in [0.1, 0.15) is 36.0 Å². The molecule has 1 amide bonds. The second-order valence-electron chi connectivity index (χ2n) is 4.97. The predicted octanol–water partition coefficient (Wildman–Crippen LogP) is 3.97. The van der Waals surface area contributed by atoms with Crippen LogP contribution in [0.3, 0.4) is 0 Å². The quantitative estimate of drug-likeness (QED) is 0.787. The predicted molar refractivity (Wildman–Crippen MR) is 82.0 cm³/mol. The van der Waals surface area contributed by atoms with E-state index in [9.17, 15) is 4.79 Å². The molecule has 0 saturated carbocycles. The Bertz CT molecular complexity index is 477. The van der Waals surface area contributed by atoms with Crippen molar-refractivity contribution in [3.63, 3.8) is 0 Å². The maximum atomic E-state index is 12.7. The maximum absolute atomic E-state index is 12.7. The fourth-order valence-corrected chi connectivity index (χ4v) is 3.10. The van der Waals surface area contributed by atoms with Crippen LogP contribution in [-0.2, 0) is 0 Å². The van der Waals surface area contributed by atoms with E-state index in [0.29, 0.717) is 22.2 Å². The Labute approximate surface area is 129 Å². The van der Waals surface area contributed by atoms with Crippen LogP contribution in [0.5, 0.6) is 5.75 Å². The molecule has 1 aliphatic rings. The van der Waals surface area contributed by atoms with Gasteiger partial charge < -0.3 is 9.64 Å². The second kappa shape index (κ2) is 7.19. The number of hydrogen-bond donors (Lipinski definition) is 0. The highest BCUT2D eigenvalue weighted by molar-refractivity contribution is 6.30. The van der Waals surface area contributed by atoms with Crippen molar-refractivity contribution in [3.05, 3.63) is 28.8 Å². The lowest BCUT2D eigenvalue weighted by Crippen LogP contribution is -2.44. The van der Waals surface area contributed by atoms with Gasteiger partial charge in [0.15, 0.2) is 0 Å². The molecule has 3 nitrogen and oxygen atoms in total. The lowest BCUT2D eigenvalue weighted by molar-refractivity contribution is 0.0606. The second-order valence-corrected chi connectivity index (χ2v) is 5.78. The van der Waals surface area contributed by atoms with Crippen LogP contribution in [0, 0.1) is 0 Å². The van der Waals surface area contributed by atoms with Gasteiger partial charge in [0.2, 0.25) is 0 Å². The van der Waals surface area contributed by atoms with Crippen molar-refractivity contribution < 1.29 is 9.53 Å². The summed E-state index contributed by atoms with van der Waals surface area (Å²) in [5.74, 6) is 1.11. The lowest BCUT2D eigenvalue weighted by atomic mass is 9.98. The number of halogens is 2. The third-order valence-electron chi connectivity index (χ3n) is 3.72. The van der Waals surface area contributed by atoms with Crippen molar-refractivity contribution in [1.29, 1.82) is 0 Å². The summed E-state index contributed by atoms with van der Waals surface area (Å²) in [5.41, 5.74) is 0.568. The molecule has 1 fully saturated rings. The SMILES string of the molecule is COc1cc(Cl)ccc1C(=O)N1CCCCC1CCCl. The molecule has 1 heterocycles. The first-order valence-electron chi connectivity index (χ1n) is 6.88. The smallest absolute Gasteiger partial charge is 0.257 e. The van der Waals surface area contributed by atoms with Crippen LogP contribution >= 0.6 is 23.2 Å². The van der Waals surface area contributed by atoms with Crippen molar-refractivity contribution in [2.45, 2.75) is 31.7 Å². The maximum Gasteiger partial charge on any atom is 0.257 e. The van der Waals surface area contributed by atoms with Crippen LogP contribution in [-0.4, -0.2) is 36.4 Å². The van der Waals surface area contributed by atoms with Gasteiger partial charge in [0.1, 0.15) is 5.75 Å². The van der Waals surface area contributed by atoms with E-state index in [1.807, 2.05) is 4.90 Å². The van der Waals surface area contributed by atoms with Gasteiger partial charge in [-0.05, 0) is 43.9 Å². The summed E-state index contributed by atoms with van der Waals surface area (Å²) >= 11 is 11.8. The molecule has 1 aromatic rings. The average molecular weight is 316 g/mol. The number of ether oxygens (including phenoxy) is 1. The monoisotopic (exact) mass is 315 g/mol. The van der Waals surface area contributed by atoms with E-state index < -0.39 is 0 Å². The molecule has 0 bridgehead atoms. The Morgan fingerprint density at radius 2 is 2.25 bits per heavy atom. The van der Waals surface area contributed by atoms with Crippen molar-refractivity contribution in [2.24, 2.45) is 0 Å². The number of carbonyl (C=O) groups excluding carboxylic acids is 1. The van der Waals surface area contributed by atoms with Gasteiger partial charge in [0.05, 0.1) is 12.7 Å². The van der Waals surface area contributed by atoms with Gasteiger partial charge in [-0.3, -0.25) is 4.79 Å². The fraction of sp³-hybridized carbons (Fsp3) is 0.533. The van der Waals surface area contributed by atoms with Crippen LogP contribution in [0.15, 0.2) is 18.2 Å². The normalized spacial score (nSPS) is 18.9. The Balaban J connectivity index is 2.24. The van der Waals surface area contributed by atoms with Gasteiger partial charge in [0.25, 0.3) is 5.91 Å². The number of carbonyl (C=O) groups is 1. The third-order valence-corrected chi connectivity index (χ3v) is 4.18. The number of rotatable bonds is 4. The van der Waals surface area contributed by atoms with E-state index in [4.69, 9.17) is 27.9 Å². The molecule has 0 N–H and O–H groups in total. The first-order valence-corrected chi connectivity index (χ1v) is 7.79. The standard InChI is InChI=1S/C15H19Cl2NO2/c1-20-14-10-11(17)5-6-13(14)15(19)18-9-3-2-4-12(18)7-8-16/h5-6,10,12H,2-4,7-9H2,1H3. The van der Waals surface area contributed by atoms with Crippen LogP contribution in [0.2, 0.25) is 5.02 Å². The molecular weight excluding hydrogens is 297 g/mol. The highest BCUT2D eigenvalue weighted by Crippen LogP contribution is 2.28. The van der Waals surface area contributed by atoms with Gasteiger partial charge in [-0.2, -0.15) is 0 Å². The van der Waals surface area contributed by atoms with E-state index in [1.54, 1.807) is 25.3 Å². The molecule has 0 aliphatic carbocycles. The number of benzene rings is 1. The van der Waals surface area contributed by atoms with Crippen LogP contribution in [0.4, 0.5) is 0 Å². The summed E-state index contributed by atoms with van der Waals surface area (Å²) in [6.07, 6.45) is 4.06. The lowest BCUT2D eigenvalue weighted by Gasteiger charge is -2.35. The number of nitrogens with zero attached hydrogens (tertiary/aromatic N) is 1. The third kappa shape index (κ3) is 3.39. The molecule has 0 aromatic heterocycles. The molecule has 1 aromatic carbocycles. The summed E-state index contributed by atoms with van der Waals surface area (Å²) in [5, 5.41) is 0.564. The van der Waals surface area contributed by atoms with Crippen LogP contribution < -0.4 is 4.74 Å². The minimum absolute atomic E-state index is 0.00772. The Hall–Kier alpha value is -0.930. The highest BCUT2D eigenvalue weighted by Gasteiger charge is 2.28. The molecule has 1 aliphatic heterocycles. The van der Waals surface area contributed by atoms with Gasteiger partial charge in [-0.1, -0.05) is 11.6 Å². The molecule has 20 heavy (non-hydrogen) atoms. The molecule has 1 unspecified atom stereocenters. The number of amides is 1. The molecule has 5 heteroatoms. The van der Waals surface area contributed by atoms with Crippen LogP contribution in [0.25, 0.3) is 0 Å². The van der Waals surface area contributed by atoms with Crippen molar-refractivity contribution in [1.82, 2.24) is 4.90 Å². The van der Waals surface area contributed by atoms with Crippen molar-refractivity contribution in [3.8, 4) is 5.75 Å². The average Bonchev–Trinajstić information content (AvgIpc) is 2.47. The topological polar surface area (TPSA) is 29.5 Å². The Morgan fingerprint density at radius 1 is 1.45 bits per heavy atom. The number of likely N-dealkylation sites (tertiary alicyclic amines) is 1. The molecule has 1 saturated heterocycles. The first-order chi connectivity index (χ1) is 9.67. The largest absolute Gasteiger partial charge is 0.496 e. The van der Waals surface area contributed by atoms with Gasteiger partial charge in [-0.15, -0.1) is 11.6 Å². The zero-order valence-corrected chi connectivity index (χ0v) is 13.1. The minimum Gasteiger partial charge on any atom is -0.496 e. The Kier molecular flexibility index (Phi) is 5.55. The summed E-state index contributed by atoms with van der Waals surface area (Å²) in [7, 11) is 1.55. The number of hydrogen-bond acceptors (Lipinski definition) is 2. The highest BCUT2D eigenvalue weighted by atomic mass is 35.5. The van der Waals surface area contributed by atoms with Gasteiger partial charge in [-0.25, -0.2) is 0 Å². The van der Waals surface area contributed by atoms with E-state index >= 15 is 0 Å². The summed E-state index contributed by atoms with van der Waals surface area (Å²) < 4.78 is 5.28. The summed E-state index contributed by atoms with van der Waals surface area (Å²) in [4.78, 5) is 14.7. The van der Waals surface area contributed by atoms with E-state index in [-0.39, 0.29) is 11.9 Å². The molecule has 1 atom stereocenters.